The Morgan fingerprint density at radius 2 is 2.25 bits per heavy atom. The van der Waals surface area contributed by atoms with E-state index in [4.69, 9.17) is 9.47 Å². The highest BCUT2D eigenvalue weighted by Gasteiger charge is 2.22. The van der Waals surface area contributed by atoms with Crippen LogP contribution in [0.1, 0.15) is 29.6 Å². The Hall–Kier alpha value is -1.75. The Morgan fingerprint density at radius 1 is 1.45 bits per heavy atom. The van der Waals surface area contributed by atoms with Crippen LogP contribution in [-0.4, -0.2) is 49.3 Å². The molecule has 0 spiro atoms. The van der Waals surface area contributed by atoms with E-state index in [1.165, 1.54) is 26.0 Å². The molecule has 1 atom stereocenters. The Kier molecular flexibility index (Phi) is 4.84. The number of likely N-dealkylation sites (N-methyl/N-ethyl adjacent to an activating group) is 1. The summed E-state index contributed by atoms with van der Waals surface area (Å²) in [4.78, 5) is 13.5. The summed E-state index contributed by atoms with van der Waals surface area (Å²) in [5.74, 6) is -0.222. The molecule has 0 bridgehead atoms. The van der Waals surface area contributed by atoms with Gasteiger partial charge in [0.15, 0.2) is 11.5 Å². The van der Waals surface area contributed by atoms with Crippen LogP contribution >= 0.6 is 0 Å². The monoisotopic (exact) mass is 279 g/mol. The van der Waals surface area contributed by atoms with Gasteiger partial charge in [-0.1, -0.05) is 12.5 Å². The van der Waals surface area contributed by atoms with Gasteiger partial charge in [-0.3, -0.25) is 0 Å². The summed E-state index contributed by atoms with van der Waals surface area (Å²) in [6.45, 7) is 1.54. The minimum absolute atomic E-state index is 0.141. The van der Waals surface area contributed by atoms with Crippen LogP contribution in [0.25, 0.3) is 0 Å². The van der Waals surface area contributed by atoms with E-state index in [-0.39, 0.29) is 5.56 Å². The predicted octanol–water partition coefficient (Wildman–Crippen LogP) is 2.26. The van der Waals surface area contributed by atoms with Gasteiger partial charge < -0.3 is 19.5 Å². The molecule has 0 aromatic heterocycles. The highest BCUT2D eigenvalue weighted by atomic mass is 16.5. The van der Waals surface area contributed by atoms with Crippen molar-refractivity contribution >= 4 is 5.97 Å². The van der Waals surface area contributed by atoms with Crippen molar-refractivity contribution in [2.24, 2.45) is 0 Å². The van der Waals surface area contributed by atoms with Crippen LogP contribution in [0.15, 0.2) is 18.2 Å². The van der Waals surface area contributed by atoms with Crippen molar-refractivity contribution in [3.05, 3.63) is 23.8 Å². The van der Waals surface area contributed by atoms with Crippen molar-refractivity contribution in [1.29, 1.82) is 0 Å². The Balaban J connectivity index is 2.13. The fourth-order valence-corrected chi connectivity index (χ4v) is 2.53. The molecule has 20 heavy (non-hydrogen) atoms. The number of methoxy groups -OCH3 is 1. The van der Waals surface area contributed by atoms with Crippen LogP contribution in [0.2, 0.25) is 0 Å². The maximum Gasteiger partial charge on any atom is 0.339 e. The summed E-state index contributed by atoms with van der Waals surface area (Å²) in [5.41, 5.74) is 0.141. The maximum absolute atomic E-state index is 11.3. The number of likely N-dealkylation sites (tertiary alicyclic amines) is 1. The fraction of sp³-hybridized carbons (Fsp3) is 0.533. The molecule has 5 nitrogen and oxygen atoms in total. The van der Waals surface area contributed by atoms with Crippen LogP contribution in [0.5, 0.6) is 11.5 Å². The molecule has 1 fully saturated rings. The zero-order valence-electron chi connectivity index (χ0n) is 12.0. The van der Waals surface area contributed by atoms with Crippen LogP contribution in [0.4, 0.5) is 0 Å². The number of carbonyl (C=O) groups is 1. The third-order valence-corrected chi connectivity index (χ3v) is 3.77. The fourth-order valence-electron chi connectivity index (χ4n) is 2.53. The molecule has 1 aromatic rings. The zero-order chi connectivity index (χ0) is 14.5. The normalized spacial score (nSPS) is 19.6. The first-order valence-corrected chi connectivity index (χ1v) is 6.87. The Labute approximate surface area is 119 Å². The predicted molar refractivity (Wildman–Crippen MR) is 75.7 cm³/mol. The molecule has 1 unspecified atom stereocenters. The van der Waals surface area contributed by atoms with Gasteiger partial charge >= 0.3 is 5.97 Å². The average Bonchev–Trinajstić information content (AvgIpc) is 2.46. The van der Waals surface area contributed by atoms with Crippen LogP contribution < -0.4 is 9.47 Å². The second-order valence-corrected chi connectivity index (χ2v) is 5.08. The number of carboxylic acids is 1. The van der Waals surface area contributed by atoms with E-state index in [0.717, 1.165) is 13.0 Å². The molecule has 1 saturated heterocycles. The number of carboxylic acid groups (broad SMARTS) is 1. The van der Waals surface area contributed by atoms with E-state index >= 15 is 0 Å². The van der Waals surface area contributed by atoms with Crippen molar-refractivity contribution in [3.8, 4) is 11.5 Å². The average molecular weight is 279 g/mol. The van der Waals surface area contributed by atoms with Crippen LogP contribution in [-0.2, 0) is 0 Å². The molecular formula is C15H21NO4. The van der Waals surface area contributed by atoms with Gasteiger partial charge in [0.25, 0.3) is 0 Å². The van der Waals surface area contributed by atoms with E-state index in [9.17, 15) is 9.90 Å². The number of ether oxygens (including phenoxy) is 2. The van der Waals surface area contributed by atoms with Gasteiger partial charge in [0.1, 0.15) is 12.2 Å². The number of nitrogens with zero attached hydrogens (tertiary/aromatic N) is 1. The summed E-state index contributed by atoms with van der Waals surface area (Å²) in [6, 6.07) is 5.23. The Morgan fingerprint density at radius 3 is 2.90 bits per heavy atom. The molecule has 1 heterocycles. The molecule has 1 aromatic carbocycles. The summed E-state index contributed by atoms with van der Waals surface area (Å²) >= 11 is 0. The van der Waals surface area contributed by atoms with E-state index in [1.807, 2.05) is 0 Å². The maximum atomic E-state index is 11.3. The van der Waals surface area contributed by atoms with Gasteiger partial charge in [-0.2, -0.15) is 0 Å². The largest absolute Gasteiger partial charge is 0.493 e. The lowest BCUT2D eigenvalue weighted by Crippen LogP contribution is -2.40. The van der Waals surface area contributed by atoms with Crippen molar-refractivity contribution in [2.75, 3.05) is 27.3 Å². The van der Waals surface area contributed by atoms with Crippen molar-refractivity contribution in [1.82, 2.24) is 4.90 Å². The summed E-state index contributed by atoms with van der Waals surface area (Å²) in [6.07, 6.45) is 3.48. The number of benzene rings is 1. The van der Waals surface area contributed by atoms with E-state index in [2.05, 4.69) is 11.9 Å². The molecule has 0 saturated carbocycles. The molecule has 0 amide bonds. The Bertz CT molecular complexity index is 475. The van der Waals surface area contributed by atoms with E-state index < -0.39 is 5.97 Å². The van der Waals surface area contributed by atoms with Gasteiger partial charge in [0, 0.05) is 6.04 Å². The first-order valence-electron chi connectivity index (χ1n) is 6.87. The molecule has 1 aliphatic rings. The summed E-state index contributed by atoms with van der Waals surface area (Å²) < 4.78 is 11.0. The molecule has 1 aliphatic heterocycles. The number of para-hydroxylation sites is 1. The molecule has 0 aliphatic carbocycles. The number of aromatic carboxylic acids is 1. The smallest absolute Gasteiger partial charge is 0.339 e. The van der Waals surface area contributed by atoms with Gasteiger partial charge in [-0.15, -0.1) is 0 Å². The number of rotatable bonds is 5. The quantitative estimate of drug-likeness (QED) is 0.896. The van der Waals surface area contributed by atoms with Gasteiger partial charge in [0.2, 0.25) is 0 Å². The van der Waals surface area contributed by atoms with E-state index in [1.54, 1.807) is 12.1 Å². The van der Waals surface area contributed by atoms with Crippen molar-refractivity contribution < 1.29 is 19.4 Å². The van der Waals surface area contributed by atoms with Crippen LogP contribution in [0.3, 0.4) is 0 Å². The lowest BCUT2D eigenvalue weighted by atomic mass is 10.0. The molecule has 0 radical (unpaired) electrons. The minimum Gasteiger partial charge on any atom is -0.493 e. The molecule has 1 N–H and O–H groups in total. The third-order valence-electron chi connectivity index (χ3n) is 3.77. The third kappa shape index (κ3) is 3.22. The second kappa shape index (κ2) is 6.61. The number of hydrogen-bond acceptors (Lipinski definition) is 4. The number of piperidine rings is 1. The van der Waals surface area contributed by atoms with Gasteiger partial charge in [-0.25, -0.2) is 4.79 Å². The molecule has 5 heteroatoms. The number of hydrogen-bond donors (Lipinski definition) is 1. The summed E-state index contributed by atoms with van der Waals surface area (Å²) in [5, 5.41) is 9.23. The zero-order valence-corrected chi connectivity index (χ0v) is 12.0. The van der Waals surface area contributed by atoms with E-state index in [0.29, 0.717) is 24.1 Å². The molecule has 110 valence electrons. The van der Waals surface area contributed by atoms with Crippen molar-refractivity contribution in [3.63, 3.8) is 0 Å². The highest BCUT2D eigenvalue weighted by Crippen LogP contribution is 2.31. The lowest BCUT2D eigenvalue weighted by Gasteiger charge is -2.32. The van der Waals surface area contributed by atoms with Gasteiger partial charge in [-0.05, 0) is 38.6 Å². The first kappa shape index (κ1) is 14.7. The lowest BCUT2D eigenvalue weighted by molar-refractivity contribution is 0.0686. The topological polar surface area (TPSA) is 59.0 Å². The molecular weight excluding hydrogens is 258 g/mol. The van der Waals surface area contributed by atoms with Crippen molar-refractivity contribution in [2.45, 2.75) is 25.3 Å². The second-order valence-electron chi connectivity index (χ2n) is 5.08. The highest BCUT2D eigenvalue weighted by molar-refractivity contribution is 5.92. The minimum atomic E-state index is -1.00. The SMILES string of the molecule is COc1cccc(C(=O)O)c1OCC1CCCCN1C. The standard InChI is InChI=1S/C15H21NO4/c1-16-9-4-3-6-11(16)10-20-14-12(15(17)18)7-5-8-13(14)19-2/h5,7-8,11H,3-4,6,9-10H2,1-2H3,(H,17,18). The van der Waals surface area contributed by atoms with Crippen LogP contribution in [0, 0.1) is 0 Å². The van der Waals surface area contributed by atoms with Gasteiger partial charge in [0.05, 0.1) is 7.11 Å². The molecule has 2 rings (SSSR count). The first-order chi connectivity index (χ1) is 9.63. The summed E-state index contributed by atoms with van der Waals surface area (Å²) in [7, 11) is 3.59.